The van der Waals surface area contributed by atoms with Gasteiger partial charge in [0.05, 0.1) is 19.3 Å². The molecule has 0 N–H and O–H groups in total. The SMILES string of the molecule is O=C(c1ccccc1)N1OCC2COc3ccc4ccccc4c3C21. The van der Waals surface area contributed by atoms with Crippen LogP contribution in [0.2, 0.25) is 0 Å². The van der Waals surface area contributed by atoms with Crippen molar-refractivity contribution in [3.05, 3.63) is 77.9 Å². The van der Waals surface area contributed by atoms with Crippen molar-refractivity contribution in [1.29, 1.82) is 0 Å². The molecule has 3 aromatic carbocycles. The number of benzene rings is 3. The Morgan fingerprint density at radius 1 is 0.920 bits per heavy atom. The molecule has 4 heteroatoms. The van der Waals surface area contributed by atoms with Gasteiger partial charge in [0.1, 0.15) is 5.75 Å². The second-order valence-corrected chi connectivity index (χ2v) is 6.51. The Kier molecular flexibility index (Phi) is 3.25. The summed E-state index contributed by atoms with van der Waals surface area (Å²) in [4.78, 5) is 18.8. The zero-order chi connectivity index (χ0) is 16.8. The number of nitrogens with zero attached hydrogens (tertiary/aromatic N) is 1. The minimum atomic E-state index is -0.123. The lowest BCUT2D eigenvalue weighted by atomic mass is 9.88. The highest BCUT2D eigenvalue weighted by atomic mass is 16.7. The van der Waals surface area contributed by atoms with E-state index in [1.54, 1.807) is 5.06 Å². The number of amides is 1. The Balaban J connectivity index is 1.65. The number of carbonyl (C=O) groups excluding carboxylic acids is 1. The van der Waals surface area contributed by atoms with Gasteiger partial charge in [-0.15, -0.1) is 0 Å². The van der Waals surface area contributed by atoms with Crippen molar-refractivity contribution in [3.8, 4) is 5.75 Å². The summed E-state index contributed by atoms with van der Waals surface area (Å²) < 4.78 is 5.96. The fourth-order valence-electron chi connectivity index (χ4n) is 3.83. The number of hydrogen-bond acceptors (Lipinski definition) is 3. The van der Waals surface area contributed by atoms with Crippen molar-refractivity contribution in [2.24, 2.45) is 5.92 Å². The Morgan fingerprint density at radius 3 is 2.60 bits per heavy atom. The van der Waals surface area contributed by atoms with Crippen molar-refractivity contribution < 1.29 is 14.4 Å². The number of fused-ring (bicyclic) bond motifs is 5. The highest BCUT2D eigenvalue weighted by Crippen LogP contribution is 2.47. The molecule has 4 nitrogen and oxygen atoms in total. The fraction of sp³-hybridized carbons (Fsp3) is 0.190. The lowest BCUT2D eigenvalue weighted by Crippen LogP contribution is -2.35. The lowest BCUT2D eigenvalue weighted by molar-refractivity contribution is -0.0965. The van der Waals surface area contributed by atoms with Gasteiger partial charge in [0.25, 0.3) is 5.91 Å². The molecule has 2 aliphatic heterocycles. The molecule has 25 heavy (non-hydrogen) atoms. The van der Waals surface area contributed by atoms with Crippen molar-refractivity contribution in [2.45, 2.75) is 6.04 Å². The lowest BCUT2D eigenvalue weighted by Gasteiger charge is -2.32. The van der Waals surface area contributed by atoms with E-state index in [1.165, 1.54) is 0 Å². The van der Waals surface area contributed by atoms with Gasteiger partial charge in [0, 0.05) is 17.0 Å². The molecule has 1 saturated heterocycles. The molecular weight excluding hydrogens is 314 g/mol. The molecule has 124 valence electrons. The van der Waals surface area contributed by atoms with Gasteiger partial charge >= 0.3 is 0 Å². The second-order valence-electron chi connectivity index (χ2n) is 6.51. The van der Waals surface area contributed by atoms with Crippen LogP contribution in [0.5, 0.6) is 5.75 Å². The van der Waals surface area contributed by atoms with Gasteiger partial charge in [-0.2, -0.15) is 0 Å². The van der Waals surface area contributed by atoms with Crippen molar-refractivity contribution in [3.63, 3.8) is 0 Å². The molecule has 1 fully saturated rings. The largest absolute Gasteiger partial charge is 0.493 e. The predicted octanol–water partition coefficient (Wildman–Crippen LogP) is 3.98. The fourth-order valence-corrected chi connectivity index (χ4v) is 3.83. The standard InChI is InChI=1S/C21H17NO3/c23-21(15-7-2-1-3-8-15)22-20-16(13-25-22)12-24-18-11-10-14-6-4-5-9-17(14)19(18)20/h1-11,16,20H,12-13H2. The maximum Gasteiger partial charge on any atom is 0.278 e. The van der Waals surface area contributed by atoms with Crippen LogP contribution >= 0.6 is 0 Å². The second kappa shape index (κ2) is 5.60. The van der Waals surface area contributed by atoms with Crippen LogP contribution in [-0.2, 0) is 4.84 Å². The predicted molar refractivity (Wildman–Crippen MR) is 94.2 cm³/mol. The molecular formula is C21H17NO3. The summed E-state index contributed by atoms with van der Waals surface area (Å²) in [6.45, 7) is 1.06. The van der Waals surface area contributed by atoms with Gasteiger partial charge in [0.15, 0.2) is 0 Å². The van der Waals surface area contributed by atoms with Gasteiger partial charge in [-0.25, -0.2) is 5.06 Å². The molecule has 0 radical (unpaired) electrons. The van der Waals surface area contributed by atoms with Crippen LogP contribution in [0.3, 0.4) is 0 Å². The molecule has 2 unspecified atom stereocenters. The van der Waals surface area contributed by atoms with Gasteiger partial charge in [-0.1, -0.05) is 48.5 Å². The maximum atomic E-state index is 13.0. The Morgan fingerprint density at radius 2 is 1.72 bits per heavy atom. The number of hydroxylamine groups is 2. The minimum Gasteiger partial charge on any atom is -0.493 e. The molecule has 0 aliphatic carbocycles. The normalized spacial score (nSPS) is 21.5. The van der Waals surface area contributed by atoms with E-state index < -0.39 is 0 Å². The van der Waals surface area contributed by atoms with Crippen LogP contribution < -0.4 is 4.74 Å². The molecule has 0 bridgehead atoms. The monoisotopic (exact) mass is 331 g/mol. The number of carbonyl (C=O) groups is 1. The first kappa shape index (κ1) is 14.5. The number of ether oxygens (including phenoxy) is 1. The summed E-state index contributed by atoms with van der Waals surface area (Å²) in [5, 5.41) is 3.81. The quantitative estimate of drug-likeness (QED) is 0.677. The van der Waals surface area contributed by atoms with Crippen LogP contribution in [0, 0.1) is 5.92 Å². The van der Waals surface area contributed by atoms with E-state index in [0.29, 0.717) is 18.8 Å². The van der Waals surface area contributed by atoms with E-state index in [2.05, 4.69) is 18.2 Å². The molecule has 2 heterocycles. The van der Waals surface area contributed by atoms with E-state index in [-0.39, 0.29) is 17.9 Å². The summed E-state index contributed by atoms with van der Waals surface area (Å²) in [5.74, 6) is 0.885. The Labute approximate surface area is 145 Å². The number of hydrogen-bond donors (Lipinski definition) is 0. The van der Waals surface area contributed by atoms with Crippen LogP contribution in [0.25, 0.3) is 10.8 Å². The smallest absolute Gasteiger partial charge is 0.278 e. The summed E-state index contributed by atoms with van der Waals surface area (Å²) in [5.41, 5.74) is 1.69. The van der Waals surface area contributed by atoms with Crippen LogP contribution in [0.1, 0.15) is 22.0 Å². The molecule has 0 saturated carbocycles. The summed E-state index contributed by atoms with van der Waals surface area (Å²) in [7, 11) is 0. The molecule has 0 aromatic heterocycles. The first-order valence-corrected chi connectivity index (χ1v) is 8.49. The number of rotatable bonds is 1. The third-order valence-corrected chi connectivity index (χ3v) is 5.03. The molecule has 1 amide bonds. The van der Waals surface area contributed by atoms with Gasteiger partial charge in [-0.05, 0) is 29.0 Å². The summed E-state index contributed by atoms with van der Waals surface area (Å²) in [6, 6.07) is 21.4. The third-order valence-electron chi connectivity index (χ3n) is 5.03. The Bertz CT molecular complexity index is 954. The van der Waals surface area contributed by atoms with Gasteiger partial charge in [-0.3, -0.25) is 9.63 Å². The van der Waals surface area contributed by atoms with E-state index in [0.717, 1.165) is 22.1 Å². The summed E-state index contributed by atoms with van der Waals surface area (Å²) in [6.07, 6.45) is 0. The van der Waals surface area contributed by atoms with Gasteiger partial charge in [0.2, 0.25) is 0 Å². The van der Waals surface area contributed by atoms with Crippen LogP contribution in [0.15, 0.2) is 66.7 Å². The Hall–Kier alpha value is -2.85. The molecule has 2 atom stereocenters. The average Bonchev–Trinajstić information content (AvgIpc) is 3.12. The first-order valence-electron chi connectivity index (χ1n) is 8.49. The first-order chi connectivity index (χ1) is 12.3. The molecule has 5 rings (SSSR count). The van der Waals surface area contributed by atoms with E-state index in [4.69, 9.17) is 9.57 Å². The van der Waals surface area contributed by atoms with Crippen LogP contribution in [-0.4, -0.2) is 24.2 Å². The van der Waals surface area contributed by atoms with Crippen molar-refractivity contribution in [1.82, 2.24) is 5.06 Å². The third kappa shape index (κ3) is 2.22. The van der Waals surface area contributed by atoms with E-state index >= 15 is 0 Å². The zero-order valence-electron chi connectivity index (χ0n) is 13.6. The molecule has 0 spiro atoms. The van der Waals surface area contributed by atoms with Gasteiger partial charge < -0.3 is 4.74 Å². The molecule has 3 aromatic rings. The highest BCUT2D eigenvalue weighted by molar-refractivity contribution is 5.95. The zero-order valence-corrected chi connectivity index (χ0v) is 13.6. The summed E-state index contributed by atoms with van der Waals surface area (Å²) >= 11 is 0. The van der Waals surface area contributed by atoms with E-state index in [9.17, 15) is 4.79 Å². The van der Waals surface area contributed by atoms with Crippen molar-refractivity contribution in [2.75, 3.05) is 13.2 Å². The van der Waals surface area contributed by atoms with E-state index in [1.807, 2.05) is 48.5 Å². The molecule has 2 aliphatic rings. The minimum absolute atomic E-state index is 0.103. The average molecular weight is 331 g/mol. The maximum absolute atomic E-state index is 13.0. The van der Waals surface area contributed by atoms with Crippen molar-refractivity contribution >= 4 is 16.7 Å². The topological polar surface area (TPSA) is 38.8 Å². The highest BCUT2D eigenvalue weighted by Gasteiger charge is 2.45. The van der Waals surface area contributed by atoms with Crippen LogP contribution in [0.4, 0.5) is 0 Å².